The Bertz CT molecular complexity index is 689. The summed E-state index contributed by atoms with van der Waals surface area (Å²) in [6.07, 6.45) is 5.34. The van der Waals surface area contributed by atoms with Gasteiger partial charge >= 0.3 is 0 Å². The molecule has 1 saturated heterocycles. The molecule has 2 heterocycles. The van der Waals surface area contributed by atoms with Gasteiger partial charge in [0.25, 0.3) is 0 Å². The first kappa shape index (κ1) is 17.2. The predicted molar refractivity (Wildman–Crippen MR) is 99.6 cm³/mol. The molecule has 0 bridgehead atoms. The molecule has 0 atom stereocenters. The van der Waals surface area contributed by atoms with Gasteiger partial charge in [0.2, 0.25) is 0 Å². The maximum atomic E-state index is 8.99. The minimum atomic E-state index is 0.361. The van der Waals surface area contributed by atoms with Gasteiger partial charge in [0.05, 0.1) is 0 Å². The molecule has 0 spiro atoms. The lowest BCUT2D eigenvalue weighted by atomic mass is 10.2. The van der Waals surface area contributed by atoms with E-state index in [2.05, 4.69) is 61.5 Å². The molecule has 25 heavy (non-hydrogen) atoms. The molecule has 130 valence electrons. The number of hydrogen-bond donors (Lipinski definition) is 1. The first-order valence-corrected chi connectivity index (χ1v) is 8.84. The number of piperazine rings is 1. The maximum absolute atomic E-state index is 8.99. The van der Waals surface area contributed by atoms with Crippen molar-refractivity contribution >= 4 is 11.5 Å². The second kappa shape index (κ2) is 9.00. The Balaban J connectivity index is 1.32. The summed E-state index contributed by atoms with van der Waals surface area (Å²) in [6.45, 7) is 6.35. The highest BCUT2D eigenvalue weighted by Gasteiger charge is 2.16. The molecule has 0 radical (unpaired) electrons. The summed E-state index contributed by atoms with van der Waals surface area (Å²) in [7, 11) is 0. The summed E-state index contributed by atoms with van der Waals surface area (Å²) in [5, 5.41) is 12.2. The van der Waals surface area contributed by atoms with Gasteiger partial charge in [-0.15, -0.1) is 0 Å². The van der Waals surface area contributed by atoms with Gasteiger partial charge in [0.1, 0.15) is 6.07 Å². The number of nitriles is 1. The van der Waals surface area contributed by atoms with Crippen LogP contribution in [0.5, 0.6) is 0 Å². The van der Waals surface area contributed by atoms with Gasteiger partial charge in [-0.1, -0.05) is 18.2 Å². The predicted octanol–water partition coefficient (Wildman–Crippen LogP) is 2.36. The molecule has 3 rings (SSSR count). The molecular formula is C19H24N6. The molecule has 1 aromatic heterocycles. The molecule has 1 aliphatic rings. The van der Waals surface area contributed by atoms with Crippen LogP contribution in [-0.2, 0) is 0 Å². The molecule has 0 amide bonds. The number of nitrogens with zero attached hydrogens (tertiary/aromatic N) is 5. The van der Waals surface area contributed by atoms with Crippen LogP contribution < -0.4 is 10.2 Å². The number of nitrogens with one attached hydrogen (secondary N) is 1. The third-order valence-corrected chi connectivity index (χ3v) is 4.49. The van der Waals surface area contributed by atoms with Crippen molar-refractivity contribution in [3.05, 3.63) is 48.4 Å². The van der Waals surface area contributed by atoms with Crippen LogP contribution in [0.25, 0.3) is 0 Å². The molecule has 0 saturated carbocycles. The van der Waals surface area contributed by atoms with E-state index in [9.17, 15) is 0 Å². The Morgan fingerprint density at radius 2 is 1.76 bits per heavy atom. The molecule has 2 aromatic rings. The van der Waals surface area contributed by atoms with E-state index >= 15 is 0 Å². The van der Waals surface area contributed by atoms with Gasteiger partial charge in [-0.25, -0.2) is 9.97 Å². The third-order valence-electron chi connectivity index (χ3n) is 4.49. The Hall–Kier alpha value is -2.65. The van der Waals surface area contributed by atoms with Crippen LogP contribution in [-0.4, -0.2) is 54.1 Å². The van der Waals surface area contributed by atoms with Gasteiger partial charge < -0.3 is 10.2 Å². The summed E-state index contributed by atoms with van der Waals surface area (Å²) < 4.78 is 0. The highest BCUT2D eigenvalue weighted by molar-refractivity contribution is 5.47. The van der Waals surface area contributed by atoms with Gasteiger partial charge in [0, 0.05) is 50.8 Å². The van der Waals surface area contributed by atoms with Crippen molar-refractivity contribution in [1.29, 1.82) is 5.26 Å². The fraction of sp³-hybridized carbons (Fsp3) is 0.421. The second-order valence-corrected chi connectivity index (χ2v) is 6.16. The van der Waals surface area contributed by atoms with Crippen molar-refractivity contribution in [2.75, 3.05) is 49.5 Å². The zero-order valence-electron chi connectivity index (χ0n) is 14.4. The third kappa shape index (κ3) is 4.91. The van der Waals surface area contributed by atoms with E-state index in [0.717, 1.165) is 52.1 Å². The summed E-state index contributed by atoms with van der Waals surface area (Å²) >= 11 is 0. The number of unbranched alkanes of at least 4 members (excludes halogenated alkanes) is 1. The van der Waals surface area contributed by atoms with Crippen molar-refractivity contribution < 1.29 is 0 Å². The van der Waals surface area contributed by atoms with Crippen LogP contribution in [0.1, 0.15) is 18.5 Å². The van der Waals surface area contributed by atoms with Crippen LogP contribution in [0, 0.1) is 11.3 Å². The largest absolute Gasteiger partial charge is 0.369 e. The summed E-state index contributed by atoms with van der Waals surface area (Å²) in [6, 6.07) is 12.7. The minimum absolute atomic E-state index is 0.361. The normalized spacial score (nSPS) is 14.9. The lowest BCUT2D eigenvalue weighted by Gasteiger charge is -2.36. The fourth-order valence-corrected chi connectivity index (χ4v) is 3.08. The Kier molecular flexibility index (Phi) is 6.18. The van der Waals surface area contributed by atoms with Gasteiger partial charge in [-0.05, 0) is 31.5 Å². The quantitative estimate of drug-likeness (QED) is 0.783. The van der Waals surface area contributed by atoms with Crippen LogP contribution >= 0.6 is 0 Å². The molecule has 1 N–H and O–H groups in total. The van der Waals surface area contributed by atoms with E-state index in [4.69, 9.17) is 5.26 Å². The molecule has 0 aliphatic carbocycles. The number of hydrogen-bond acceptors (Lipinski definition) is 6. The molecular weight excluding hydrogens is 312 g/mol. The van der Waals surface area contributed by atoms with Crippen molar-refractivity contribution in [2.45, 2.75) is 12.8 Å². The zero-order chi connectivity index (χ0) is 17.3. The molecule has 1 aromatic carbocycles. The van der Waals surface area contributed by atoms with Crippen molar-refractivity contribution in [3.8, 4) is 6.07 Å². The monoisotopic (exact) mass is 336 g/mol. The fourth-order valence-electron chi connectivity index (χ4n) is 3.08. The topological polar surface area (TPSA) is 68.1 Å². The smallest absolute Gasteiger partial charge is 0.182 e. The summed E-state index contributed by atoms with van der Waals surface area (Å²) in [4.78, 5) is 13.1. The summed E-state index contributed by atoms with van der Waals surface area (Å²) in [5.41, 5.74) is 1.68. The van der Waals surface area contributed by atoms with Gasteiger partial charge in [-0.2, -0.15) is 5.26 Å². The molecule has 0 unspecified atom stereocenters. The van der Waals surface area contributed by atoms with Crippen LogP contribution in [0.15, 0.2) is 42.7 Å². The molecule has 6 nitrogen and oxygen atoms in total. The average molecular weight is 336 g/mol. The highest BCUT2D eigenvalue weighted by Crippen LogP contribution is 2.15. The second-order valence-electron chi connectivity index (χ2n) is 6.16. The molecule has 1 fully saturated rings. The number of aromatic nitrogens is 2. The zero-order valence-corrected chi connectivity index (χ0v) is 14.4. The summed E-state index contributed by atoms with van der Waals surface area (Å²) in [5.74, 6) is 0.585. The Morgan fingerprint density at radius 3 is 2.52 bits per heavy atom. The first-order chi connectivity index (χ1) is 12.4. The number of para-hydroxylation sites is 1. The number of anilines is 2. The number of rotatable bonds is 7. The van der Waals surface area contributed by atoms with Gasteiger partial charge in [0.15, 0.2) is 11.5 Å². The minimum Gasteiger partial charge on any atom is -0.369 e. The van der Waals surface area contributed by atoms with Crippen molar-refractivity contribution in [1.82, 2.24) is 14.9 Å². The number of benzene rings is 1. The Morgan fingerprint density at radius 1 is 1.00 bits per heavy atom. The molecule has 1 aliphatic heterocycles. The first-order valence-electron chi connectivity index (χ1n) is 8.84. The van der Waals surface area contributed by atoms with Crippen LogP contribution in [0.3, 0.4) is 0 Å². The SMILES string of the molecule is N#Cc1nccnc1NCCCCN1CCN(c2ccccc2)CC1. The van der Waals surface area contributed by atoms with E-state index in [1.165, 1.54) is 5.69 Å². The van der Waals surface area contributed by atoms with E-state index < -0.39 is 0 Å². The van der Waals surface area contributed by atoms with E-state index in [-0.39, 0.29) is 0 Å². The average Bonchev–Trinajstić information content (AvgIpc) is 2.69. The lowest BCUT2D eigenvalue weighted by molar-refractivity contribution is 0.254. The van der Waals surface area contributed by atoms with E-state index in [0.29, 0.717) is 11.5 Å². The lowest BCUT2D eigenvalue weighted by Crippen LogP contribution is -2.46. The standard InChI is InChI=1S/C19H24N6/c20-16-18-19(23-10-9-21-18)22-8-4-5-11-24-12-14-25(15-13-24)17-6-2-1-3-7-17/h1-3,6-7,9-10H,4-5,8,11-15H2,(H,22,23). The highest BCUT2D eigenvalue weighted by atomic mass is 15.3. The van der Waals surface area contributed by atoms with Crippen LogP contribution in [0.4, 0.5) is 11.5 Å². The van der Waals surface area contributed by atoms with Crippen molar-refractivity contribution in [3.63, 3.8) is 0 Å². The van der Waals surface area contributed by atoms with Gasteiger partial charge in [-0.3, -0.25) is 4.90 Å². The van der Waals surface area contributed by atoms with E-state index in [1.807, 2.05) is 0 Å². The Labute approximate surface area is 149 Å². The molecule has 6 heteroatoms. The van der Waals surface area contributed by atoms with Crippen molar-refractivity contribution in [2.24, 2.45) is 0 Å². The van der Waals surface area contributed by atoms with E-state index in [1.54, 1.807) is 12.4 Å². The van der Waals surface area contributed by atoms with Crippen LogP contribution in [0.2, 0.25) is 0 Å². The maximum Gasteiger partial charge on any atom is 0.182 e.